The van der Waals surface area contributed by atoms with Gasteiger partial charge in [-0.3, -0.25) is 0 Å². The number of benzene rings is 1. The Bertz CT molecular complexity index is 305. The fourth-order valence-corrected chi connectivity index (χ4v) is 1.76. The zero-order valence-corrected chi connectivity index (χ0v) is 8.43. The standard InChI is InChI=1S/C11H16N2O2/c14-10-7-13-9(11(10)15)6-12-8-4-2-1-3-5-8/h1-5,9-15H,6-7H2/t9-,10-,11-/m0/s1. The summed E-state index contributed by atoms with van der Waals surface area (Å²) in [7, 11) is 0. The minimum absolute atomic E-state index is 0.0831. The summed E-state index contributed by atoms with van der Waals surface area (Å²) in [5.41, 5.74) is 1.02. The molecular formula is C11H16N2O2. The monoisotopic (exact) mass is 208 g/mol. The van der Waals surface area contributed by atoms with Crippen molar-refractivity contribution in [1.29, 1.82) is 0 Å². The summed E-state index contributed by atoms with van der Waals surface area (Å²) in [4.78, 5) is 0. The molecule has 0 saturated carbocycles. The average molecular weight is 208 g/mol. The van der Waals surface area contributed by atoms with Gasteiger partial charge in [-0.05, 0) is 12.1 Å². The molecule has 1 fully saturated rings. The minimum Gasteiger partial charge on any atom is -0.389 e. The van der Waals surface area contributed by atoms with Crippen LogP contribution in [0.4, 0.5) is 5.69 Å². The van der Waals surface area contributed by atoms with Crippen molar-refractivity contribution >= 4 is 5.69 Å². The lowest BCUT2D eigenvalue weighted by atomic mass is 10.1. The Balaban J connectivity index is 1.84. The first kappa shape index (κ1) is 10.4. The first-order chi connectivity index (χ1) is 7.27. The van der Waals surface area contributed by atoms with Gasteiger partial charge in [0.1, 0.15) is 0 Å². The van der Waals surface area contributed by atoms with E-state index in [1.54, 1.807) is 0 Å². The van der Waals surface area contributed by atoms with E-state index in [0.717, 1.165) is 5.69 Å². The molecule has 0 amide bonds. The third-order valence-corrected chi connectivity index (χ3v) is 2.70. The second kappa shape index (κ2) is 4.61. The Morgan fingerprint density at radius 1 is 1.27 bits per heavy atom. The molecule has 4 N–H and O–H groups in total. The van der Waals surface area contributed by atoms with E-state index in [1.807, 2.05) is 30.3 Å². The maximum atomic E-state index is 9.58. The summed E-state index contributed by atoms with van der Waals surface area (Å²) in [6.45, 7) is 1.07. The van der Waals surface area contributed by atoms with Crippen LogP contribution in [-0.4, -0.2) is 41.6 Å². The number of anilines is 1. The molecule has 0 aliphatic carbocycles. The van der Waals surface area contributed by atoms with Crippen LogP contribution in [0.5, 0.6) is 0 Å². The molecule has 1 aliphatic heterocycles. The maximum absolute atomic E-state index is 9.58. The van der Waals surface area contributed by atoms with Gasteiger partial charge in [0.2, 0.25) is 0 Å². The van der Waals surface area contributed by atoms with Gasteiger partial charge in [0, 0.05) is 18.8 Å². The van der Waals surface area contributed by atoms with E-state index in [9.17, 15) is 10.2 Å². The van der Waals surface area contributed by atoms with Crippen LogP contribution >= 0.6 is 0 Å². The van der Waals surface area contributed by atoms with Crippen LogP contribution in [0.2, 0.25) is 0 Å². The molecule has 0 unspecified atom stereocenters. The van der Waals surface area contributed by atoms with Gasteiger partial charge in [0.05, 0.1) is 18.2 Å². The van der Waals surface area contributed by atoms with Gasteiger partial charge >= 0.3 is 0 Å². The van der Waals surface area contributed by atoms with E-state index in [-0.39, 0.29) is 6.04 Å². The Labute approximate surface area is 88.9 Å². The minimum atomic E-state index is -0.679. The molecule has 0 radical (unpaired) electrons. The van der Waals surface area contributed by atoms with E-state index in [4.69, 9.17) is 0 Å². The Morgan fingerprint density at radius 3 is 2.60 bits per heavy atom. The van der Waals surface area contributed by atoms with Crippen LogP contribution in [0.3, 0.4) is 0 Å². The molecular weight excluding hydrogens is 192 g/mol. The lowest BCUT2D eigenvalue weighted by Gasteiger charge is -2.17. The zero-order chi connectivity index (χ0) is 10.7. The van der Waals surface area contributed by atoms with Crippen molar-refractivity contribution in [2.45, 2.75) is 18.2 Å². The molecule has 1 aromatic carbocycles. The zero-order valence-electron chi connectivity index (χ0n) is 8.43. The summed E-state index contributed by atoms with van der Waals surface area (Å²) in [5.74, 6) is 0. The summed E-state index contributed by atoms with van der Waals surface area (Å²) in [5, 5.41) is 25.2. The van der Waals surface area contributed by atoms with Gasteiger partial charge in [0.15, 0.2) is 0 Å². The lowest BCUT2D eigenvalue weighted by Crippen LogP contribution is -2.38. The normalized spacial score (nSPS) is 30.4. The molecule has 2 rings (SSSR count). The molecule has 82 valence electrons. The number of para-hydroxylation sites is 1. The molecule has 1 aromatic rings. The summed E-state index contributed by atoms with van der Waals surface area (Å²) in [6, 6.07) is 9.72. The van der Waals surface area contributed by atoms with E-state index in [2.05, 4.69) is 10.6 Å². The topological polar surface area (TPSA) is 64.5 Å². The fraction of sp³-hybridized carbons (Fsp3) is 0.455. The first-order valence-corrected chi connectivity index (χ1v) is 5.16. The molecule has 4 nitrogen and oxygen atoms in total. The summed E-state index contributed by atoms with van der Waals surface area (Å²) >= 11 is 0. The molecule has 4 heteroatoms. The van der Waals surface area contributed by atoms with Crippen LogP contribution in [-0.2, 0) is 0 Å². The largest absolute Gasteiger partial charge is 0.389 e. The number of aliphatic hydroxyl groups excluding tert-OH is 2. The third kappa shape index (κ3) is 2.47. The number of aliphatic hydroxyl groups is 2. The highest BCUT2D eigenvalue weighted by atomic mass is 16.3. The number of β-amino-alcohol motifs (C(OH)–C–C–N with tert-alkyl or cyclic N) is 1. The Morgan fingerprint density at radius 2 is 2.00 bits per heavy atom. The van der Waals surface area contributed by atoms with E-state index in [0.29, 0.717) is 13.1 Å². The van der Waals surface area contributed by atoms with Gasteiger partial charge in [-0.15, -0.1) is 0 Å². The van der Waals surface area contributed by atoms with Gasteiger partial charge in [-0.25, -0.2) is 0 Å². The molecule has 1 aliphatic rings. The van der Waals surface area contributed by atoms with Crippen molar-refractivity contribution in [1.82, 2.24) is 5.32 Å². The Kier molecular flexibility index (Phi) is 3.20. The first-order valence-electron chi connectivity index (χ1n) is 5.16. The lowest BCUT2D eigenvalue weighted by molar-refractivity contribution is 0.0427. The smallest absolute Gasteiger partial charge is 0.0981 e. The molecule has 0 aromatic heterocycles. The summed E-state index contributed by atoms with van der Waals surface area (Å²) < 4.78 is 0. The van der Waals surface area contributed by atoms with E-state index >= 15 is 0 Å². The van der Waals surface area contributed by atoms with Crippen molar-refractivity contribution in [2.24, 2.45) is 0 Å². The molecule has 0 spiro atoms. The Hall–Kier alpha value is -1.10. The van der Waals surface area contributed by atoms with Gasteiger partial charge < -0.3 is 20.8 Å². The average Bonchev–Trinajstić information content (AvgIpc) is 2.59. The van der Waals surface area contributed by atoms with Gasteiger partial charge in [-0.1, -0.05) is 18.2 Å². The van der Waals surface area contributed by atoms with E-state index < -0.39 is 12.2 Å². The molecule has 15 heavy (non-hydrogen) atoms. The predicted molar refractivity (Wildman–Crippen MR) is 58.7 cm³/mol. The number of nitrogens with one attached hydrogen (secondary N) is 2. The molecule has 0 bridgehead atoms. The second-order valence-corrected chi connectivity index (χ2v) is 3.82. The third-order valence-electron chi connectivity index (χ3n) is 2.70. The van der Waals surface area contributed by atoms with Crippen molar-refractivity contribution in [3.8, 4) is 0 Å². The SMILES string of the molecule is O[C@H]1[C@H](CNc2ccccc2)NC[C@@H]1O. The van der Waals surface area contributed by atoms with Crippen LogP contribution in [0.25, 0.3) is 0 Å². The second-order valence-electron chi connectivity index (χ2n) is 3.82. The quantitative estimate of drug-likeness (QED) is 0.555. The van der Waals surface area contributed by atoms with Crippen molar-refractivity contribution < 1.29 is 10.2 Å². The highest BCUT2D eigenvalue weighted by molar-refractivity contribution is 5.42. The highest BCUT2D eigenvalue weighted by Crippen LogP contribution is 2.10. The van der Waals surface area contributed by atoms with Crippen LogP contribution < -0.4 is 10.6 Å². The number of hydrogen-bond donors (Lipinski definition) is 4. The van der Waals surface area contributed by atoms with E-state index in [1.165, 1.54) is 0 Å². The van der Waals surface area contributed by atoms with Crippen molar-refractivity contribution in [3.63, 3.8) is 0 Å². The van der Waals surface area contributed by atoms with Crippen LogP contribution in [0.1, 0.15) is 0 Å². The van der Waals surface area contributed by atoms with Crippen LogP contribution in [0, 0.1) is 0 Å². The van der Waals surface area contributed by atoms with Gasteiger partial charge in [-0.2, -0.15) is 0 Å². The molecule has 1 saturated heterocycles. The van der Waals surface area contributed by atoms with Gasteiger partial charge in [0.25, 0.3) is 0 Å². The number of rotatable bonds is 3. The maximum Gasteiger partial charge on any atom is 0.0981 e. The summed E-state index contributed by atoms with van der Waals surface area (Å²) in [6.07, 6.45) is -1.33. The predicted octanol–water partition coefficient (Wildman–Crippen LogP) is -0.208. The number of hydrogen-bond acceptors (Lipinski definition) is 4. The van der Waals surface area contributed by atoms with Crippen molar-refractivity contribution in [2.75, 3.05) is 18.4 Å². The highest BCUT2D eigenvalue weighted by Gasteiger charge is 2.32. The van der Waals surface area contributed by atoms with Crippen LogP contribution in [0.15, 0.2) is 30.3 Å². The fourth-order valence-electron chi connectivity index (χ4n) is 1.76. The molecule has 3 atom stereocenters. The van der Waals surface area contributed by atoms with Crippen molar-refractivity contribution in [3.05, 3.63) is 30.3 Å². The molecule has 1 heterocycles.